The first kappa shape index (κ1) is 16.5. The van der Waals surface area contributed by atoms with Gasteiger partial charge in [0, 0.05) is 51.9 Å². The normalized spacial score (nSPS) is 21.9. The highest BCUT2D eigenvalue weighted by molar-refractivity contribution is 7.85. The molecule has 0 amide bonds. The zero-order valence-corrected chi connectivity index (χ0v) is 16.6. The molecule has 140 valence electrons. The van der Waals surface area contributed by atoms with E-state index in [2.05, 4.69) is 53.3 Å². The highest BCUT2D eigenvalue weighted by atomic mass is 32.2. The third kappa shape index (κ3) is 2.34. The number of rotatable bonds is 2. The van der Waals surface area contributed by atoms with E-state index in [1.54, 1.807) is 0 Å². The Balaban J connectivity index is 1.48. The Bertz CT molecular complexity index is 1270. The van der Waals surface area contributed by atoms with Gasteiger partial charge in [0.15, 0.2) is 0 Å². The molecule has 0 aliphatic carbocycles. The van der Waals surface area contributed by atoms with E-state index in [1.165, 1.54) is 40.4 Å². The molecular weight excluding hydrogens is 364 g/mol. The van der Waals surface area contributed by atoms with Gasteiger partial charge in [-0.3, -0.25) is 0 Å². The molecule has 0 spiro atoms. The van der Waals surface area contributed by atoms with E-state index in [-0.39, 0.29) is 0 Å². The van der Waals surface area contributed by atoms with Crippen LogP contribution < -0.4 is 5.32 Å². The van der Waals surface area contributed by atoms with Crippen molar-refractivity contribution < 1.29 is 4.21 Å². The van der Waals surface area contributed by atoms with E-state index in [1.807, 2.05) is 24.3 Å². The van der Waals surface area contributed by atoms with Crippen molar-refractivity contribution in [3.05, 3.63) is 71.9 Å². The van der Waals surface area contributed by atoms with Crippen molar-refractivity contribution in [3.63, 3.8) is 0 Å². The number of hydrogen-bond donors (Lipinski definition) is 1. The van der Waals surface area contributed by atoms with Crippen LogP contribution >= 0.6 is 0 Å². The monoisotopic (exact) mass is 386 g/mol. The van der Waals surface area contributed by atoms with Crippen LogP contribution in [-0.2, 0) is 24.3 Å². The summed E-state index contributed by atoms with van der Waals surface area (Å²) in [5, 5.41) is 7.34. The highest BCUT2D eigenvalue weighted by Crippen LogP contribution is 2.42. The summed E-state index contributed by atoms with van der Waals surface area (Å²) in [6.45, 7) is 0. The summed E-state index contributed by atoms with van der Waals surface area (Å²) in [6.07, 6.45) is 3.55. The van der Waals surface area contributed by atoms with Crippen LogP contribution in [0.4, 0.5) is 0 Å². The average Bonchev–Trinajstić information content (AvgIpc) is 3.25. The molecule has 3 nitrogen and oxygen atoms in total. The number of nitrogens with zero attached hydrogens (tertiary/aromatic N) is 1. The SMILES string of the molecule is Cn1c2c(c3cc(S(=O)c4ccc5ccccc5c4)ccc31)C1CCC(C2)N1. The van der Waals surface area contributed by atoms with Crippen LogP contribution in [0, 0.1) is 0 Å². The van der Waals surface area contributed by atoms with Crippen molar-refractivity contribution in [1.29, 1.82) is 0 Å². The zero-order valence-electron chi connectivity index (χ0n) is 15.8. The lowest BCUT2D eigenvalue weighted by Crippen LogP contribution is -2.32. The summed E-state index contributed by atoms with van der Waals surface area (Å²) in [7, 11) is 0.990. The Labute approximate surface area is 166 Å². The second kappa shape index (κ2) is 6.03. The van der Waals surface area contributed by atoms with Gasteiger partial charge in [-0.25, -0.2) is 4.21 Å². The van der Waals surface area contributed by atoms with E-state index in [9.17, 15) is 4.21 Å². The van der Waals surface area contributed by atoms with E-state index < -0.39 is 10.8 Å². The number of fused-ring (bicyclic) bond motifs is 7. The molecular formula is C24H22N2OS. The molecule has 6 rings (SSSR count). The summed E-state index contributed by atoms with van der Waals surface area (Å²) in [6, 6.07) is 21.8. The van der Waals surface area contributed by atoms with Crippen molar-refractivity contribution >= 4 is 32.5 Å². The smallest absolute Gasteiger partial charge is 0.0850 e. The van der Waals surface area contributed by atoms with Crippen LogP contribution in [0.5, 0.6) is 0 Å². The van der Waals surface area contributed by atoms with E-state index in [4.69, 9.17) is 0 Å². The van der Waals surface area contributed by atoms with Gasteiger partial charge in [0.05, 0.1) is 10.8 Å². The van der Waals surface area contributed by atoms with Crippen LogP contribution in [0.2, 0.25) is 0 Å². The van der Waals surface area contributed by atoms with Gasteiger partial charge in [-0.1, -0.05) is 30.3 Å². The first-order valence-electron chi connectivity index (χ1n) is 9.97. The fourth-order valence-electron chi connectivity index (χ4n) is 5.12. The molecule has 0 saturated carbocycles. The van der Waals surface area contributed by atoms with Gasteiger partial charge >= 0.3 is 0 Å². The van der Waals surface area contributed by atoms with Crippen LogP contribution in [0.15, 0.2) is 70.5 Å². The maximum Gasteiger partial charge on any atom is 0.0850 e. The van der Waals surface area contributed by atoms with E-state index >= 15 is 0 Å². The fourth-order valence-corrected chi connectivity index (χ4v) is 6.23. The third-order valence-corrected chi connectivity index (χ3v) is 7.88. The third-order valence-electron chi connectivity index (χ3n) is 6.51. The number of benzene rings is 3. The summed E-state index contributed by atoms with van der Waals surface area (Å²) in [5.74, 6) is 0. The molecule has 4 heteroatoms. The molecule has 0 radical (unpaired) electrons. The summed E-state index contributed by atoms with van der Waals surface area (Å²) in [5.41, 5.74) is 4.14. The fraction of sp³-hybridized carbons (Fsp3) is 0.250. The molecule has 4 aromatic rings. The Morgan fingerprint density at radius 1 is 0.964 bits per heavy atom. The first-order valence-corrected chi connectivity index (χ1v) is 11.1. The summed E-state index contributed by atoms with van der Waals surface area (Å²) in [4.78, 5) is 1.75. The van der Waals surface area contributed by atoms with Crippen LogP contribution in [0.25, 0.3) is 21.7 Å². The van der Waals surface area contributed by atoms with Gasteiger partial charge in [-0.2, -0.15) is 0 Å². The van der Waals surface area contributed by atoms with Crippen molar-refractivity contribution in [2.45, 2.75) is 41.1 Å². The number of hydrogen-bond acceptors (Lipinski definition) is 2. The molecule has 2 bridgehead atoms. The molecule has 1 aromatic heterocycles. The van der Waals surface area contributed by atoms with Crippen LogP contribution in [-0.4, -0.2) is 14.8 Å². The van der Waals surface area contributed by atoms with Crippen molar-refractivity contribution in [3.8, 4) is 0 Å². The van der Waals surface area contributed by atoms with Gasteiger partial charge in [-0.05, 0) is 59.5 Å². The maximum absolute atomic E-state index is 13.4. The van der Waals surface area contributed by atoms with Gasteiger partial charge in [0.25, 0.3) is 0 Å². The van der Waals surface area contributed by atoms with Crippen LogP contribution in [0.1, 0.15) is 30.1 Å². The predicted molar refractivity (Wildman–Crippen MR) is 114 cm³/mol. The molecule has 1 N–H and O–H groups in total. The number of aryl methyl sites for hydroxylation is 1. The van der Waals surface area contributed by atoms with Gasteiger partial charge in [0.2, 0.25) is 0 Å². The largest absolute Gasteiger partial charge is 0.347 e. The molecule has 2 aliphatic heterocycles. The average molecular weight is 387 g/mol. The first-order chi connectivity index (χ1) is 13.7. The van der Waals surface area contributed by atoms with Gasteiger partial charge in [0.1, 0.15) is 0 Å². The molecule has 3 heterocycles. The molecule has 2 aliphatic rings. The minimum absolute atomic E-state index is 0.446. The second-order valence-electron chi connectivity index (χ2n) is 8.07. The minimum Gasteiger partial charge on any atom is -0.347 e. The second-order valence-corrected chi connectivity index (χ2v) is 9.55. The minimum atomic E-state index is -1.18. The maximum atomic E-state index is 13.4. The predicted octanol–water partition coefficient (Wildman–Crippen LogP) is 4.85. The van der Waals surface area contributed by atoms with E-state index in [0.29, 0.717) is 12.1 Å². The Hall–Kier alpha value is -2.43. The van der Waals surface area contributed by atoms with Crippen molar-refractivity contribution in [2.24, 2.45) is 7.05 Å². The highest BCUT2D eigenvalue weighted by Gasteiger charge is 2.35. The van der Waals surface area contributed by atoms with Gasteiger partial charge in [-0.15, -0.1) is 0 Å². The molecule has 1 fully saturated rings. The number of aromatic nitrogens is 1. The molecule has 1 saturated heterocycles. The lowest BCUT2D eigenvalue weighted by Gasteiger charge is -2.23. The summed E-state index contributed by atoms with van der Waals surface area (Å²) >= 11 is 0. The standard InChI is InChI=1S/C24H22N2OS/c1-26-22-11-9-19(14-20(22)24-21-10-7-17(25-21)13-23(24)26)28(27)18-8-6-15-4-2-3-5-16(15)12-18/h2-6,8-9,11-12,14,17,21,25H,7,10,13H2,1H3. The Morgan fingerprint density at radius 2 is 1.75 bits per heavy atom. The lowest BCUT2D eigenvalue weighted by molar-refractivity contribution is 0.503. The lowest BCUT2D eigenvalue weighted by atomic mass is 9.99. The molecule has 28 heavy (non-hydrogen) atoms. The molecule has 3 unspecified atom stereocenters. The zero-order chi connectivity index (χ0) is 18.8. The van der Waals surface area contributed by atoms with Gasteiger partial charge < -0.3 is 9.88 Å². The quantitative estimate of drug-likeness (QED) is 0.534. The van der Waals surface area contributed by atoms with Crippen molar-refractivity contribution in [2.75, 3.05) is 0 Å². The molecule has 3 atom stereocenters. The van der Waals surface area contributed by atoms with Crippen molar-refractivity contribution in [1.82, 2.24) is 9.88 Å². The molecule has 3 aromatic carbocycles. The Kier molecular flexibility index (Phi) is 3.56. The number of nitrogens with one attached hydrogen (secondary N) is 1. The summed E-state index contributed by atoms with van der Waals surface area (Å²) < 4.78 is 15.7. The van der Waals surface area contributed by atoms with E-state index in [0.717, 1.165) is 21.6 Å². The topological polar surface area (TPSA) is 34.0 Å². The Morgan fingerprint density at radius 3 is 2.64 bits per heavy atom. The van der Waals surface area contributed by atoms with Crippen LogP contribution in [0.3, 0.4) is 0 Å².